The van der Waals surface area contributed by atoms with Crippen LogP contribution in [0.2, 0.25) is 0 Å². The molecular weight excluding hydrogens is 276 g/mol. The van der Waals surface area contributed by atoms with E-state index in [1.807, 2.05) is 41.8 Å². The second-order valence-corrected chi connectivity index (χ2v) is 6.56. The third-order valence-electron chi connectivity index (χ3n) is 4.96. The van der Waals surface area contributed by atoms with Crippen molar-refractivity contribution in [3.05, 3.63) is 34.9 Å². The third kappa shape index (κ3) is 2.87. The minimum Gasteiger partial charge on any atom is -0.339 e. The lowest BCUT2D eigenvalue weighted by molar-refractivity contribution is -0.139. The van der Waals surface area contributed by atoms with Gasteiger partial charge < -0.3 is 9.80 Å². The smallest absolute Gasteiger partial charge is 0.254 e. The quantitative estimate of drug-likeness (QED) is 0.841. The number of hydrogen-bond acceptors (Lipinski definition) is 2. The van der Waals surface area contributed by atoms with E-state index >= 15 is 0 Å². The van der Waals surface area contributed by atoms with Crippen molar-refractivity contribution < 1.29 is 9.59 Å². The van der Waals surface area contributed by atoms with E-state index in [2.05, 4.69) is 0 Å². The fraction of sp³-hybridized carbons (Fsp3) is 0.556. The van der Waals surface area contributed by atoms with Crippen molar-refractivity contribution in [3.63, 3.8) is 0 Å². The van der Waals surface area contributed by atoms with Gasteiger partial charge in [0.25, 0.3) is 5.91 Å². The average molecular weight is 300 g/mol. The van der Waals surface area contributed by atoms with Gasteiger partial charge in [-0.3, -0.25) is 9.59 Å². The summed E-state index contributed by atoms with van der Waals surface area (Å²) in [6.45, 7) is 6.61. The first-order valence-electron chi connectivity index (χ1n) is 8.21. The summed E-state index contributed by atoms with van der Waals surface area (Å²) < 4.78 is 0. The molecule has 4 heteroatoms. The van der Waals surface area contributed by atoms with Gasteiger partial charge in [-0.25, -0.2) is 0 Å². The van der Waals surface area contributed by atoms with E-state index in [4.69, 9.17) is 0 Å². The Morgan fingerprint density at radius 1 is 1.00 bits per heavy atom. The van der Waals surface area contributed by atoms with Crippen LogP contribution in [0, 0.1) is 19.8 Å². The van der Waals surface area contributed by atoms with Crippen LogP contribution in [-0.2, 0) is 4.79 Å². The lowest BCUT2D eigenvalue weighted by atomic mass is 9.84. The van der Waals surface area contributed by atoms with Crippen molar-refractivity contribution in [2.24, 2.45) is 5.92 Å². The van der Waals surface area contributed by atoms with Gasteiger partial charge in [0.1, 0.15) is 0 Å². The van der Waals surface area contributed by atoms with E-state index in [-0.39, 0.29) is 11.8 Å². The number of carbonyl (C=O) groups excluding carboxylic acids is 2. The van der Waals surface area contributed by atoms with E-state index in [0.29, 0.717) is 32.1 Å². The molecule has 1 saturated heterocycles. The highest BCUT2D eigenvalue weighted by molar-refractivity contribution is 5.96. The Morgan fingerprint density at radius 3 is 2.23 bits per heavy atom. The molecule has 1 aliphatic heterocycles. The molecule has 118 valence electrons. The molecule has 0 atom stereocenters. The summed E-state index contributed by atoms with van der Waals surface area (Å²) in [5.41, 5.74) is 2.91. The van der Waals surface area contributed by atoms with Crippen molar-refractivity contribution in [1.29, 1.82) is 0 Å². The zero-order valence-electron chi connectivity index (χ0n) is 13.5. The molecule has 1 saturated carbocycles. The molecule has 0 radical (unpaired) electrons. The van der Waals surface area contributed by atoms with Crippen molar-refractivity contribution in [3.8, 4) is 0 Å². The van der Waals surface area contributed by atoms with E-state index in [9.17, 15) is 9.59 Å². The van der Waals surface area contributed by atoms with Gasteiger partial charge in [0.15, 0.2) is 0 Å². The summed E-state index contributed by atoms with van der Waals surface area (Å²) in [4.78, 5) is 28.7. The van der Waals surface area contributed by atoms with Gasteiger partial charge in [-0.1, -0.05) is 24.1 Å². The summed E-state index contributed by atoms with van der Waals surface area (Å²) in [6, 6.07) is 5.99. The molecule has 1 aromatic rings. The Hall–Kier alpha value is -1.84. The van der Waals surface area contributed by atoms with Gasteiger partial charge in [0.2, 0.25) is 5.91 Å². The first-order valence-corrected chi connectivity index (χ1v) is 8.21. The van der Waals surface area contributed by atoms with Gasteiger partial charge in [0.05, 0.1) is 0 Å². The van der Waals surface area contributed by atoms with Crippen LogP contribution >= 0.6 is 0 Å². The Balaban J connectivity index is 1.62. The van der Waals surface area contributed by atoms with Gasteiger partial charge in [-0.05, 0) is 38.3 Å². The Bertz CT molecular complexity index is 585. The second-order valence-electron chi connectivity index (χ2n) is 6.56. The first-order chi connectivity index (χ1) is 10.6. The monoisotopic (exact) mass is 300 g/mol. The van der Waals surface area contributed by atoms with Crippen LogP contribution in [0.5, 0.6) is 0 Å². The number of carbonyl (C=O) groups is 2. The number of benzene rings is 1. The fourth-order valence-corrected chi connectivity index (χ4v) is 3.18. The van der Waals surface area contributed by atoms with Crippen LogP contribution in [0.4, 0.5) is 0 Å². The molecular formula is C18H24N2O2. The molecule has 0 aromatic heterocycles. The first kappa shape index (κ1) is 15.1. The lowest BCUT2D eigenvalue weighted by Gasteiger charge is -2.38. The predicted molar refractivity (Wildman–Crippen MR) is 85.7 cm³/mol. The van der Waals surface area contributed by atoms with Gasteiger partial charge in [-0.2, -0.15) is 0 Å². The van der Waals surface area contributed by atoms with E-state index < -0.39 is 0 Å². The SMILES string of the molecule is Cc1ccc(C)c(C(=O)N2CCN(C(=O)C3CCC3)CC2)c1. The molecule has 1 aromatic carbocycles. The molecule has 0 unspecified atom stereocenters. The summed E-state index contributed by atoms with van der Waals surface area (Å²) in [5, 5.41) is 0. The third-order valence-corrected chi connectivity index (χ3v) is 4.96. The highest BCUT2D eigenvalue weighted by atomic mass is 16.2. The molecule has 0 spiro atoms. The molecule has 1 heterocycles. The summed E-state index contributed by atoms with van der Waals surface area (Å²) in [6.07, 6.45) is 3.27. The van der Waals surface area contributed by atoms with Crippen LogP contribution in [0.1, 0.15) is 40.7 Å². The maximum absolute atomic E-state index is 12.7. The Kier molecular flexibility index (Phi) is 4.19. The number of piperazine rings is 1. The van der Waals surface area contributed by atoms with E-state index in [0.717, 1.165) is 29.5 Å². The van der Waals surface area contributed by atoms with Gasteiger partial charge in [0, 0.05) is 37.7 Å². The number of amides is 2. The topological polar surface area (TPSA) is 40.6 Å². The van der Waals surface area contributed by atoms with E-state index in [1.54, 1.807) is 0 Å². The summed E-state index contributed by atoms with van der Waals surface area (Å²) in [7, 11) is 0. The predicted octanol–water partition coefficient (Wildman–Crippen LogP) is 2.39. The molecule has 4 nitrogen and oxygen atoms in total. The van der Waals surface area contributed by atoms with Crippen molar-refractivity contribution in [2.75, 3.05) is 26.2 Å². The minimum atomic E-state index is 0.0944. The average Bonchev–Trinajstić information content (AvgIpc) is 2.47. The minimum absolute atomic E-state index is 0.0944. The van der Waals surface area contributed by atoms with Gasteiger partial charge in [-0.15, -0.1) is 0 Å². The largest absolute Gasteiger partial charge is 0.339 e. The molecule has 2 fully saturated rings. The summed E-state index contributed by atoms with van der Waals surface area (Å²) >= 11 is 0. The molecule has 2 aliphatic rings. The van der Waals surface area contributed by atoms with Crippen molar-refractivity contribution >= 4 is 11.8 Å². The van der Waals surface area contributed by atoms with Crippen LogP contribution in [0.3, 0.4) is 0 Å². The van der Waals surface area contributed by atoms with Crippen LogP contribution in [0.25, 0.3) is 0 Å². The number of nitrogens with zero attached hydrogens (tertiary/aromatic N) is 2. The highest BCUT2D eigenvalue weighted by Crippen LogP contribution is 2.28. The maximum Gasteiger partial charge on any atom is 0.254 e. The normalized spacial score (nSPS) is 19.0. The molecule has 22 heavy (non-hydrogen) atoms. The van der Waals surface area contributed by atoms with Crippen molar-refractivity contribution in [1.82, 2.24) is 9.80 Å². The standard InChI is InChI=1S/C18H24N2O2/c1-13-6-7-14(2)16(12-13)18(22)20-10-8-19(9-11-20)17(21)15-4-3-5-15/h6-7,12,15H,3-5,8-11H2,1-2H3. The molecule has 1 aliphatic carbocycles. The molecule has 0 N–H and O–H groups in total. The van der Waals surface area contributed by atoms with Crippen LogP contribution in [0.15, 0.2) is 18.2 Å². The van der Waals surface area contributed by atoms with E-state index in [1.165, 1.54) is 6.42 Å². The van der Waals surface area contributed by atoms with Crippen LogP contribution < -0.4 is 0 Å². The molecule has 3 rings (SSSR count). The molecule has 0 bridgehead atoms. The second kappa shape index (κ2) is 6.11. The van der Waals surface area contributed by atoms with Crippen LogP contribution in [-0.4, -0.2) is 47.8 Å². The maximum atomic E-state index is 12.7. The van der Waals surface area contributed by atoms with Gasteiger partial charge >= 0.3 is 0 Å². The summed E-state index contributed by atoms with van der Waals surface area (Å²) in [5.74, 6) is 0.642. The Morgan fingerprint density at radius 2 is 1.64 bits per heavy atom. The fourth-order valence-electron chi connectivity index (χ4n) is 3.18. The zero-order chi connectivity index (χ0) is 15.7. The highest BCUT2D eigenvalue weighted by Gasteiger charge is 2.32. The number of rotatable bonds is 2. The zero-order valence-corrected chi connectivity index (χ0v) is 13.5. The Labute approximate surface area is 132 Å². The van der Waals surface area contributed by atoms with Crippen molar-refractivity contribution in [2.45, 2.75) is 33.1 Å². The number of hydrogen-bond donors (Lipinski definition) is 0. The lowest BCUT2D eigenvalue weighted by Crippen LogP contribution is -2.52. The number of aryl methyl sites for hydroxylation is 2. The molecule has 2 amide bonds.